The highest BCUT2D eigenvalue weighted by molar-refractivity contribution is 6.17. The van der Waals surface area contributed by atoms with Crippen LogP contribution in [0.3, 0.4) is 0 Å². The fraction of sp³-hybridized carbons (Fsp3) is 0.296. The lowest BCUT2D eigenvalue weighted by Gasteiger charge is -2.29. The van der Waals surface area contributed by atoms with Crippen LogP contribution in [0.15, 0.2) is 48.7 Å². The van der Waals surface area contributed by atoms with Gasteiger partial charge in [0.2, 0.25) is 0 Å². The number of H-pyrrole nitrogens is 1. The Morgan fingerprint density at radius 2 is 1.86 bits per heavy atom. The van der Waals surface area contributed by atoms with Crippen LogP contribution in [0, 0.1) is 5.82 Å². The third-order valence-electron chi connectivity index (χ3n) is 6.79. The first kappa shape index (κ1) is 23.6. The molecule has 1 aromatic heterocycles. The molecule has 0 spiro atoms. The average Bonchev–Trinajstić information content (AvgIpc) is 3.12. The van der Waals surface area contributed by atoms with E-state index >= 15 is 0 Å². The first-order valence-corrected chi connectivity index (χ1v) is 11.8. The van der Waals surface area contributed by atoms with Gasteiger partial charge in [0, 0.05) is 46.7 Å². The molecule has 2 aliphatic rings. The normalized spacial score (nSPS) is 17.0. The first-order chi connectivity index (χ1) is 17.1. The number of carbonyl (C=O) groups is 3. The zero-order valence-electron chi connectivity index (χ0n) is 19.9. The number of halogens is 1. The zero-order valence-corrected chi connectivity index (χ0v) is 19.9. The van der Waals surface area contributed by atoms with E-state index in [2.05, 4.69) is 10.3 Å². The predicted octanol–water partition coefficient (Wildman–Crippen LogP) is 4.81. The van der Waals surface area contributed by atoms with E-state index in [0.29, 0.717) is 17.0 Å². The van der Waals surface area contributed by atoms with Gasteiger partial charge in [-0.05, 0) is 61.2 Å². The molecule has 1 aliphatic carbocycles. The number of hydrogen-bond acceptors (Lipinski definition) is 4. The van der Waals surface area contributed by atoms with Crippen LogP contribution in [0.1, 0.15) is 54.7 Å². The minimum absolute atomic E-state index is 0.0765. The van der Waals surface area contributed by atoms with Crippen molar-refractivity contribution in [2.45, 2.75) is 44.6 Å². The fourth-order valence-corrected chi connectivity index (χ4v) is 4.82. The van der Waals surface area contributed by atoms with Crippen molar-refractivity contribution in [3.63, 3.8) is 0 Å². The smallest absolute Gasteiger partial charge is 0.412 e. The Morgan fingerprint density at radius 3 is 2.50 bits per heavy atom. The number of aromatic amines is 1. The number of carbonyl (C=O) groups excluding carboxylic acids is 2. The standard InChI is InChI=1S/C27H26FN3O5/c1-27(2)14-31(24(32)15-6-8-16(28)9-7-15)13-20(25(33)34)23-22(27)19-11-10-18(12-21(19)30-23)36-26(35)29-17-4-3-5-17/h6-13,17,30H,3-5,14H2,1-2H3,(H,29,35)(H,33,34). The molecule has 36 heavy (non-hydrogen) atoms. The van der Waals surface area contributed by atoms with Gasteiger partial charge in [-0.3, -0.25) is 4.79 Å². The number of carboxylic acid groups (broad SMARTS) is 1. The van der Waals surface area contributed by atoms with Gasteiger partial charge < -0.3 is 25.0 Å². The molecular formula is C27H26FN3O5. The summed E-state index contributed by atoms with van der Waals surface area (Å²) in [5.41, 5.74) is 1.27. The molecule has 9 heteroatoms. The highest BCUT2D eigenvalue weighted by Gasteiger charge is 2.37. The van der Waals surface area contributed by atoms with Crippen LogP contribution in [-0.4, -0.2) is 45.5 Å². The molecule has 2 amide bonds. The number of nitrogens with zero attached hydrogens (tertiary/aromatic N) is 1. The maximum Gasteiger partial charge on any atom is 0.412 e. The molecule has 3 aromatic rings. The number of amides is 2. The number of carboxylic acids is 1. The molecule has 186 valence electrons. The van der Waals surface area contributed by atoms with E-state index in [9.17, 15) is 23.9 Å². The quantitative estimate of drug-likeness (QED) is 0.485. The molecule has 8 nitrogen and oxygen atoms in total. The molecule has 1 aliphatic heterocycles. The Kier molecular flexibility index (Phi) is 5.78. The summed E-state index contributed by atoms with van der Waals surface area (Å²) in [5, 5.41) is 13.6. The van der Waals surface area contributed by atoms with E-state index in [1.807, 2.05) is 13.8 Å². The number of aliphatic carboxylic acids is 1. The topological polar surface area (TPSA) is 112 Å². The van der Waals surface area contributed by atoms with Gasteiger partial charge in [0.25, 0.3) is 5.91 Å². The lowest BCUT2D eigenvalue weighted by molar-refractivity contribution is -0.130. The van der Waals surface area contributed by atoms with Crippen molar-refractivity contribution in [3.05, 3.63) is 71.3 Å². The lowest BCUT2D eigenvalue weighted by atomic mass is 9.81. The number of ether oxygens (including phenoxy) is 1. The van der Waals surface area contributed by atoms with Crippen molar-refractivity contribution in [2.75, 3.05) is 6.54 Å². The second-order valence-corrected chi connectivity index (χ2v) is 9.92. The van der Waals surface area contributed by atoms with Crippen molar-refractivity contribution < 1.29 is 28.6 Å². The predicted molar refractivity (Wildman–Crippen MR) is 131 cm³/mol. The molecule has 0 radical (unpaired) electrons. The Morgan fingerprint density at radius 1 is 1.14 bits per heavy atom. The highest BCUT2D eigenvalue weighted by Crippen LogP contribution is 2.41. The molecule has 2 aromatic carbocycles. The summed E-state index contributed by atoms with van der Waals surface area (Å²) in [5.74, 6) is -1.75. The molecule has 2 heterocycles. The molecule has 0 atom stereocenters. The number of benzene rings is 2. The second kappa shape index (κ2) is 8.82. The van der Waals surface area contributed by atoms with E-state index in [1.165, 1.54) is 35.4 Å². The number of fused-ring (bicyclic) bond motifs is 3. The van der Waals surface area contributed by atoms with Crippen molar-refractivity contribution >= 4 is 34.4 Å². The minimum Gasteiger partial charge on any atom is -0.478 e. The van der Waals surface area contributed by atoms with Crippen LogP contribution in [0.2, 0.25) is 0 Å². The van der Waals surface area contributed by atoms with Crippen molar-refractivity contribution in [1.29, 1.82) is 0 Å². The van der Waals surface area contributed by atoms with Crippen molar-refractivity contribution in [2.24, 2.45) is 0 Å². The largest absolute Gasteiger partial charge is 0.478 e. The van der Waals surface area contributed by atoms with Gasteiger partial charge in [-0.1, -0.05) is 13.8 Å². The van der Waals surface area contributed by atoms with Gasteiger partial charge in [0.1, 0.15) is 11.6 Å². The van der Waals surface area contributed by atoms with Crippen LogP contribution in [0.5, 0.6) is 5.75 Å². The van der Waals surface area contributed by atoms with Crippen molar-refractivity contribution in [3.8, 4) is 5.75 Å². The summed E-state index contributed by atoms with van der Waals surface area (Å²) in [6.45, 7) is 4.06. The highest BCUT2D eigenvalue weighted by atomic mass is 19.1. The third-order valence-corrected chi connectivity index (χ3v) is 6.79. The summed E-state index contributed by atoms with van der Waals surface area (Å²) in [6, 6.07) is 10.4. The van der Waals surface area contributed by atoms with Gasteiger partial charge in [-0.2, -0.15) is 0 Å². The summed E-state index contributed by atoms with van der Waals surface area (Å²) >= 11 is 0. The number of nitrogens with one attached hydrogen (secondary N) is 2. The maximum atomic E-state index is 13.4. The minimum atomic E-state index is -1.20. The van der Waals surface area contributed by atoms with E-state index < -0.39 is 29.2 Å². The number of aromatic nitrogens is 1. The SMILES string of the molecule is CC1(C)CN(C(=O)c2ccc(F)cc2)C=C(C(=O)O)c2[nH]c3cc(OC(=O)NC4CCC4)ccc3c21. The summed E-state index contributed by atoms with van der Waals surface area (Å²) in [6.07, 6.45) is 3.77. The summed E-state index contributed by atoms with van der Waals surface area (Å²) < 4.78 is 18.8. The molecule has 5 rings (SSSR count). The van der Waals surface area contributed by atoms with Crippen LogP contribution < -0.4 is 10.1 Å². The summed E-state index contributed by atoms with van der Waals surface area (Å²) in [4.78, 5) is 42.2. The lowest BCUT2D eigenvalue weighted by Crippen LogP contribution is -2.41. The molecule has 1 saturated carbocycles. The molecule has 0 bridgehead atoms. The molecule has 1 fully saturated rings. The maximum absolute atomic E-state index is 13.4. The van der Waals surface area contributed by atoms with Gasteiger partial charge in [-0.25, -0.2) is 14.0 Å². The number of hydrogen-bond donors (Lipinski definition) is 3. The average molecular weight is 492 g/mol. The Labute approximate surface area is 206 Å². The van der Waals surface area contributed by atoms with Gasteiger partial charge in [0.05, 0.1) is 11.3 Å². The van der Waals surface area contributed by atoms with Crippen LogP contribution in [-0.2, 0) is 10.2 Å². The van der Waals surface area contributed by atoms with E-state index in [0.717, 1.165) is 30.2 Å². The fourth-order valence-electron chi connectivity index (χ4n) is 4.82. The van der Waals surface area contributed by atoms with Crippen molar-refractivity contribution in [1.82, 2.24) is 15.2 Å². The zero-order chi connectivity index (χ0) is 25.6. The van der Waals surface area contributed by atoms with Gasteiger partial charge in [0.15, 0.2) is 0 Å². The molecule has 0 saturated heterocycles. The Bertz CT molecular complexity index is 1400. The number of rotatable bonds is 4. The third kappa shape index (κ3) is 4.32. The Balaban J connectivity index is 1.52. The van der Waals surface area contributed by atoms with E-state index in [4.69, 9.17) is 4.74 Å². The molecular weight excluding hydrogens is 465 g/mol. The van der Waals surface area contributed by atoms with Crippen LogP contribution >= 0.6 is 0 Å². The second-order valence-electron chi connectivity index (χ2n) is 9.92. The van der Waals surface area contributed by atoms with Gasteiger partial charge in [-0.15, -0.1) is 0 Å². The van der Waals surface area contributed by atoms with E-state index in [-0.39, 0.29) is 23.7 Å². The monoisotopic (exact) mass is 491 g/mol. The molecule has 3 N–H and O–H groups in total. The van der Waals surface area contributed by atoms with Gasteiger partial charge >= 0.3 is 12.1 Å². The Hall–Kier alpha value is -4.14. The first-order valence-electron chi connectivity index (χ1n) is 11.8. The van der Waals surface area contributed by atoms with Crippen LogP contribution in [0.25, 0.3) is 16.5 Å². The van der Waals surface area contributed by atoms with E-state index in [1.54, 1.807) is 18.2 Å². The summed E-state index contributed by atoms with van der Waals surface area (Å²) in [7, 11) is 0. The molecule has 0 unspecified atom stereocenters. The van der Waals surface area contributed by atoms with Crippen LogP contribution in [0.4, 0.5) is 9.18 Å².